The summed E-state index contributed by atoms with van der Waals surface area (Å²) in [6.07, 6.45) is 0.168. The van der Waals surface area contributed by atoms with Crippen LogP contribution in [0.5, 0.6) is 0 Å². The average molecular weight is 315 g/mol. The first-order valence-corrected chi connectivity index (χ1v) is 6.37. The number of esters is 1. The number of urea groups is 1. The molecule has 0 aliphatic carbocycles. The van der Waals surface area contributed by atoms with Crippen LogP contribution >= 0.6 is 15.9 Å². The van der Waals surface area contributed by atoms with E-state index in [1.165, 1.54) is 0 Å². The summed E-state index contributed by atoms with van der Waals surface area (Å²) in [4.78, 5) is 22.5. The molecule has 0 spiro atoms. The van der Waals surface area contributed by atoms with Crippen molar-refractivity contribution in [2.24, 2.45) is 0 Å². The van der Waals surface area contributed by atoms with Crippen molar-refractivity contribution in [1.29, 1.82) is 0 Å². The van der Waals surface area contributed by atoms with Crippen LogP contribution in [0.15, 0.2) is 28.7 Å². The van der Waals surface area contributed by atoms with Crippen LogP contribution in [0.4, 0.5) is 10.5 Å². The van der Waals surface area contributed by atoms with Crippen LogP contribution in [0, 0.1) is 0 Å². The van der Waals surface area contributed by atoms with E-state index in [1.54, 1.807) is 19.1 Å². The zero-order valence-electron chi connectivity index (χ0n) is 10.0. The van der Waals surface area contributed by atoms with Crippen LogP contribution in [-0.4, -0.2) is 25.2 Å². The average Bonchev–Trinajstić information content (AvgIpc) is 2.32. The van der Waals surface area contributed by atoms with Crippen LogP contribution < -0.4 is 10.6 Å². The number of carbonyl (C=O) groups is 2. The summed E-state index contributed by atoms with van der Waals surface area (Å²) in [5.74, 6) is -0.318. The summed E-state index contributed by atoms with van der Waals surface area (Å²) >= 11 is 3.30. The molecule has 2 N–H and O–H groups in total. The van der Waals surface area contributed by atoms with Gasteiger partial charge in [-0.2, -0.15) is 0 Å². The smallest absolute Gasteiger partial charge is 0.319 e. The number of amides is 2. The van der Waals surface area contributed by atoms with Gasteiger partial charge in [0.25, 0.3) is 0 Å². The molecule has 0 radical (unpaired) electrons. The Morgan fingerprint density at radius 3 is 2.56 bits per heavy atom. The fraction of sp³-hybridized carbons (Fsp3) is 0.333. The predicted molar refractivity (Wildman–Crippen MR) is 72.4 cm³/mol. The molecule has 0 saturated carbocycles. The third-order valence-electron chi connectivity index (χ3n) is 2.02. The van der Waals surface area contributed by atoms with Crippen molar-refractivity contribution >= 4 is 33.6 Å². The minimum Gasteiger partial charge on any atom is -0.466 e. The van der Waals surface area contributed by atoms with Crippen LogP contribution in [0.3, 0.4) is 0 Å². The topological polar surface area (TPSA) is 67.4 Å². The Balaban J connectivity index is 2.25. The Kier molecular flexibility index (Phi) is 6.21. The molecule has 0 unspecified atom stereocenters. The second-order valence-electron chi connectivity index (χ2n) is 3.44. The fourth-order valence-electron chi connectivity index (χ4n) is 1.22. The number of halogens is 1. The minimum atomic E-state index is -0.346. The minimum absolute atomic E-state index is 0.168. The van der Waals surface area contributed by atoms with Gasteiger partial charge in [0, 0.05) is 16.7 Å². The zero-order chi connectivity index (χ0) is 13.4. The Labute approximate surface area is 114 Å². The Morgan fingerprint density at radius 1 is 1.28 bits per heavy atom. The van der Waals surface area contributed by atoms with Crippen molar-refractivity contribution in [3.8, 4) is 0 Å². The summed E-state index contributed by atoms with van der Waals surface area (Å²) in [6.45, 7) is 2.34. The summed E-state index contributed by atoms with van der Waals surface area (Å²) in [6, 6.07) is 6.86. The van der Waals surface area contributed by atoms with Crippen molar-refractivity contribution in [2.75, 3.05) is 18.5 Å². The predicted octanol–water partition coefficient (Wildman–Crippen LogP) is 2.52. The molecule has 1 aromatic carbocycles. The molecule has 0 bridgehead atoms. The third kappa shape index (κ3) is 5.67. The Hall–Kier alpha value is -1.56. The van der Waals surface area contributed by atoms with E-state index in [4.69, 9.17) is 4.74 Å². The third-order valence-corrected chi connectivity index (χ3v) is 2.55. The Bertz CT molecular complexity index is 406. The molecule has 0 saturated heterocycles. The van der Waals surface area contributed by atoms with Gasteiger partial charge in [0.2, 0.25) is 0 Å². The lowest BCUT2D eigenvalue weighted by Crippen LogP contribution is -2.30. The van der Waals surface area contributed by atoms with E-state index in [0.717, 1.165) is 4.47 Å². The molecule has 6 heteroatoms. The van der Waals surface area contributed by atoms with Gasteiger partial charge in [-0.05, 0) is 31.2 Å². The second kappa shape index (κ2) is 7.71. The number of anilines is 1. The molecule has 1 aromatic rings. The summed E-state index contributed by atoms with van der Waals surface area (Å²) in [5.41, 5.74) is 0.687. The lowest BCUT2D eigenvalue weighted by Gasteiger charge is -2.07. The molecule has 5 nitrogen and oxygen atoms in total. The van der Waals surface area contributed by atoms with Crippen molar-refractivity contribution in [2.45, 2.75) is 13.3 Å². The molecule has 0 aromatic heterocycles. The SMILES string of the molecule is CCOC(=O)CCNC(=O)Nc1ccc(Br)cc1. The lowest BCUT2D eigenvalue weighted by atomic mass is 10.3. The number of nitrogens with one attached hydrogen (secondary N) is 2. The van der Waals surface area contributed by atoms with Crippen molar-refractivity contribution in [3.63, 3.8) is 0 Å². The highest BCUT2D eigenvalue weighted by atomic mass is 79.9. The first-order valence-electron chi connectivity index (χ1n) is 5.58. The summed E-state index contributed by atoms with van der Waals surface area (Å²) in [7, 11) is 0. The fourth-order valence-corrected chi connectivity index (χ4v) is 1.48. The second-order valence-corrected chi connectivity index (χ2v) is 4.36. The molecule has 0 aliphatic heterocycles. The van der Waals surface area contributed by atoms with E-state index in [9.17, 15) is 9.59 Å². The van der Waals surface area contributed by atoms with Gasteiger partial charge in [0.15, 0.2) is 0 Å². The first kappa shape index (κ1) is 14.5. The lowest BCUT2D eigenvalue weighted by molar-refractivity contribution is -0.142. The number of hydrogen-bond donors (Lipinski definition) is 2. The number of hydrogen-bond acceptors (Lipinski definition) is 3. The van der Waals surface area contributed by atoms with Gasteiger partial charge in [-0.15, -0.1) is 0 Å². The van der Waals surface area contributed by atoms with E-state index in [1.807, 2.05) is 12.1 Å². The number of benzene rings is 1. The van der Waals surface area contributed by atoms with Gasteiger partial charge in [-0.3, -0.25) is 4.79 Å². The quantitative estimate of drug-likeness (QED) is 0.821. The maximum atomic E-state index is 11.5. The molecule has 0 heterocycles. The Morgan fingerprint density at radius 2 is 1.94 bits per heavy atom. The van der Waals surface area contributed by atoms with Crippen LogP contribution in [0.2, 0.25) is 0 Å². The monoisotopic (exact) mass is 314 g/mol. The van der Waals surface area contributed by atoms with E-state index in [2.05, 4.69) is 26.6 Å². The van der Waals surface area contributed by atoms with Gasteiger partial charge < -0.3 is 15.4 Å². The van der Waals surface area contributed by atoms with Crippen LogP contribution in [-0.2, 0) is 9.53 Å². The highest BCUT2D eigenvalue weighted by molar-refractivity contribution is 9.10. The molecular weight excluding hydrogens is 300 g/mol. The summed E-state index contributed by atoms with van der Waals surface area (Å²) < 4.78 is 5.68. The highest BCUT2D eigenvalue weighted by Gasteiger charge is 2.04. The zero-order valence-corrected chi connectivity index (χ0v) is 11.6. The van der Waals surface area contributed by atoms with Crippen LogP contribution in [0.25, 0.3) is 0 Å². The van der Waals surface area contributed by atoms with E-state index in [-0.39, 0.29) is 25.0 Å². The van der Waals surface area contributed by atoms with Crippen molar-refractivity contribution in [3.05, 3.63) is 28.7 Å². The largest absolute Gasteiger partial charge is 0.466 e. The molecule has 98 valence electrons. The van der Waals surface area contributed by atoms with Gasteiger partial charge in [-0.25, -0.2) is 4.79 Å². The summed E-state index contributed by atoms with van der Waals surface area (Å²) in [5, 5.41) is 5.22. The number of ether oxygens (including phenoxy) is 1. The van der Waals surface area contributed by atoms with Gasteiger partial charge in [-0.1, -0.05) is 15.9 Å². The normalized spacial score (nSPS) is 9.67. The molecule has 0 atom stereocenters. The van der Waals surface area contributed by atoms with Gasteiger partial charge in [0.05, 0.1) is 13.0 Å². The highest BCUT2D eigenvalue weighted by Crippen LogP contribution is 2.13. The molecule has 0 fully saturated rings. The van der Waals surface area contributed by atoms with Crippen LogP contribution in [0.1, 0.15) is 13.3 Å². The molecule has 2 amide bonds. The van der Waals surface area contributed by atoms with E-state index in [0.29, 0.717) is 12.3 Å². The number of carbonyl (C=O) groups excluding carboxylic acids is 2. The molecular formula is C12H15BrN2O3. The maximum Gasteiger partial charge on any atom is 0.319 e. The molecule has 0 aliphatic rings. The van der Waals surface area contributed by atoms with Crippen molar-refractivity contribution < 1.29 is 14.3 Å². The van der Waals surface area contributed by atoms with Crippen molar-refractivity contribution in [1.82, 2.24) is 5.32 Å². The van der Waals surface area contributed by atoms with E-state index < -0.39 is 0 Å². The number of rotatable bonds is 5. The standard InChI is InChI=1S/C12H15BrN2O3/c1-2-18-11(16)7-8-14-12(17)15-10-5-3-9(13)4-6-10/h3-6H,2,7-8H2,1H3,(H2,14,15,17). The maximum absolute atomic E-state index is 11.5. The molecule has 18 heavy (non-hydrogen) atoms. The van der Waals surface area contributed by atoms with E-state index >= 15 is 0 Å². The van der Waals surface area contributed by atoms with Gasteiger partial charge in [0.1, 0.15) is 0 Å². The first-order chi connectivity index (χ1) is 8.61. The van der Waals surface area contributed by atoms with Gasteiger partial charge >= 0.3 is 12.0 Å². The molecule has 1 rings (SSSR count).